The van der Waals surface area contributed by atoms with Crippen LogP contribution in [0.15, 0.2) is 24.3 Å². The lowest BCUT2D eigenvalue weighted by Crippen LogP contribution is -2.43. The Labute approximate surface area is 178 Å². The number of ether oxygens (including phenoxy) is 1. The van der Waals surface area contributed by atoms with Crippen LogP contribution in [0.5, 0.6) is 0 Å². The van der Waals surface area contributed by atoms with Crippen LogP contribution in [-0.4, -0.2) is 47.1 Å². The minimum absolute atomic E-state index is 0.156. The molecule has 1 N–H and O–H groups in total. The van der Waals surface area contributed by atoms with Gasteiger partial charge in [0, 0.05) is 37.6 Å². The maximum Gasteiger partial charge on any atom is 0.307 e. The topological polar surface area (TPSA) is 50.8 Å². The predicted octanol–water partition coefficient (Wildman–Crippen LogP) is 5.29. The maximum atomic E-state index is 11.4. The molecule has 0 aliphatic carbocycles. The number of piperidine rings is 1. The number of nitrogens with one attached hydrogen (secondary N) is 1. The third kappa shape index (κ3) is 7.34. The molecule has 0 saturated carbocycles. The van der Waals surface area contributed by atoms with E-state index in [0.29, 0.717) is 25.5 Å². The van der Waals surface area contributed by atoms with Gasteiger partial charge in [0.05, 0.1) is 13.0 Å². The zero-order valence-electron chi connectivity index (χ0n) is 19.2. The van der Waals surface area contributed by atoms with Gasteiger partial charge in [-0.05, 0) is 68.1 Å². The summed E-state index contributed by atoms with van der Waals surface area (Å²) in [5, 5.41) is 3.56. The Hall–Kier alpha value is -1.53. The van der Waals surface area contributed by atoms with E-state index in [1.807, 2.05) is 6.92 Å². The molecule has 0 amide bonds. The molecular formula is C23H40N2O3Si. The number of anilines is 2. The SMILES string of the molecule is CCOC(=O)CCNc1ccc(N2CCC(CO[Si](C)(C)C(C)(C)C)CC2)cc1. The Kier molecular flexibility index (Phi) is 8.58. The lowest BCUT2D eigenvalue weighted by atomic mass is 9.97. The number of hydrogen-bond acceptors (Lipinski definition) is 5. The average molecular weight is 421 g/mol. The van der Waals surface area contributed by atoms with Crippen molar-refractivity contribution in [3.8, 4) is 0 Å². The molecule has 2 rings (SSSR count). The van der Waals surface area contributed by atoms with Crippen LogP contribution in [-0.2, 0) is 14.0 Å². The van der Waals surface area contributed by atoms with E-state index in [1.54, 1.807) is 0 Å². The second-order valence-electron chi connectivity index (χ2n) is 9.53. The second-order valence-corrected chi connectivity index (χ2v) is 14.3. The first kappa shape index (κ1) is 23.7. The van der Waals surface area contributed by atoms with Gasteiger partial charge in [-0.2, -0.15) is 0 Å². The van der Waals surface area contributed by atoms with Crippen molar-refractivity contribution in [1.29, 1.82) is 0 Å². The Morgan fingerprint density at radius 3 is 2.34 bits per heavy atom. The Bertz CT molecular complexity index is 633. The Balaban J connectivity index is 1.74. The van der Waals surface area contributed by atoms with Gasteiger partial charge in [0.1, 0.15) is 0 Å². The first-order valence-electron chi connectivity index (χ1n) is 11.0. The molecule has 1 aliphatic rings. The van der Waals surface area contributed by atoms with Crippen LogP contribution in [0, 0.1) is 5.92 Å². The van der Waals surface area contributed by atoms with E-state index in [-0.39, 0.29) is 11.0 Å². The number of carbonyl (C=O) groups excluding carboxylic acids is 1. The molecule has 0 radical (unpaired) electrons. The highest BCUT2D eigenvalue weighted by Crippen LogP contribution is 2.37. The normalized spacial score (nSPS) is 16.0. The molecule has 0 unspecified atom stereocenters. The fraction of sp³-hybridized carbons (Fsp3) is 0.696. The molecule has 1 aromatic rings. The predicted molar refractivity (Wildman–Crippen MR) is 124 cm³/mol. The fourth-order valence-electron chi connectivity index (χ4n) is 3.23. The van der Waals surface area contributed by atoms with Crippen LogP contribution in [0.4, 0.5) is 11.4 Å². The van der Waals surface area contributed by atoms with Crippen LogP contribution in [0.1, 0.15) is 47.0 Å². The quantitative estimate of drug-likeness (QED) is 0.434. The molecule has 1 aromatic carbocycles. The minimum atomic E-state index is -1.65. The summed E-state index contributed by atoms with van der Waals surface area (Å²) in [5.74, 6) is 0.515. The highest BCUT2D eigenvalue weighted by atomic mass is 28.4. The summed E-state index contributed by atoms with van der Waals surface area (Å²) in [5.41, 5.74) is 2.31. The van der Waals surface area contributed by atoms with Crippen molar-refractivity contribution in [3.05, 3.63) is 24.3 Å². The van der Waals surface area contributed by atoms with Crippen molar-refractivity contribution >= 4 is 25.7 Å². The van der Waals surface area contributed by atoms with Gasteiger partial charge in [0.2, 0.25) is 0 Å². The maximum absolute atomic E-state index is 11.4. The van der Waals surface area contributed by atoms with Crippen molar-refractivity contribution in [1.82, 2.24) is 0 Å². The van der Waals surface area contributed by atoms with E-state index in [4.69, 9.17) is 9.16 Å². The molecule has 0 bridgehead atoms. The largest absolute Gasteiger partial charge is 0.466 e. The molecule has 0 aromatic heterocycles. The molecule has 1 saturated heterocycles. The van der Waals surface area contributed by atoms with Gasteiger partial charge < -0.3 is 19.4 Å². The van der Waals surface area contributed by atoms with E-state index in [2.05, 4.69) is 68.3 Å². The molecule has 1 heterocycles. The van der Waals surface area contributed by atoms with Gasteiger partial charge >= 0.3 is 5.97 Å². The van der Waals surface area contributed by atoms with E-state index in [1.165, 1.54) is 18.5 Å². The van der Waals surface area contributed by atoms with Gasteiger partial charge in [-0.3, -0.25) is 4.79 Å². The fourth-order valence-corrected chi connectivity index (χ4v) is 4.32. The van der Waals surface area contributed by atoms with Gasteiger partial charge in [0.25, 0.3) is 0 Å². The first-order chi connectivity index (χ1) is 13.6. The molecule has 1 aliphatic heterocycles. The van der Waals surface area contributed by atoms with Gasteiger partial charge in [-0.15, -0.1) is 0 Å². The summed E-state index contributed by atoms with van der Waals surface area (Å²) in [6.07, 6.45) is 2.77. The third-order valence-electron chi connectivity index (χ3n) is 6.30. The monoisotopic (exact) mass is 420 g/mol. The molecular weight excluding hydrogens is 380 g/mol. The van der Waals surface area contributed by atoms with Crippen molar-refractivity contribution in [3.63, 3.8) is 0 Å². The number of esters is 1. The summed E-state index contributed by atoms with van der Waals surface area (Å²) in [6, 6.07) is 8.51. The Morgan fingerprint density at radius 1 is 1.17 bits per heavy atom. The summed E-state index contributed by atoms with van der Waals surface area (Å²) in [7, 11) is -1.65. The highest BCUT2D eigenvalue weighted by molar-refractivity contribution is 6.74. The van der Waals surface area contributed by atoms with Crippen molar-refractivity contribution in [2.75, 3.05) is 43.1 Å². The molecule has 1 fully saturated rings. The molecule has 164 valence electrons. The number of hydrogen-bond donors (Lipinski definition) is 1. The van der Waals surface area contributed by atoms with Crippen LogP contribution in [0.3, 0.4) is 0 Å². The minimum Gasteiger partial charge on any atom is -0.466 e. The number of carbonyl (C=O) groups is 1. The van der Waals surface area contributed by atoms with Crippen LogP contribution < -0.4 is 10.2 Å². The van der Waals surface area contributed by atoms with Gasteiger partial charge in [0.15, 0.2) is 8.32 Å². The van der Waals surface area contributed by atoms with Gasteiger partial charge in [-0.25, -0.2) is 0 Å². The lowest BCUT2D eigenvalue weighted by molar-refractivity contribution is -0.142. The number of benzene rings is 1. The Morgan fingerprint density at radius 2 is 1.79 bits per heavy atom. The molecule has 29 heavy (non-hydrogen) atoms. The van der Waals surface area contributed by atoms with Crippen molar-refractivity contribution < 1.29 is 14.0 Å². The zero-order chi connectivity index (χ0) is 21.5. The second kappa shape index (κ2) is 10.5. The average Bonchev–Trinajstić information content (AvgIpc) is 2.67. The number of nitrogens with zero attached hydrogens (tertiary/aromatic N) is 1. The van der Waals surface area contributed by atoms with Crippen molar-refractivity contribution in [2.24, 2.45) is 5.92 Å². The van der Waals surface area contributed by atoms with E-state index in [9.17, 15) is 4.79 Å². The highest BCUT2D eigenvalue weighted by Gasteiger charge is 2.37. The molecule has 5 nitrogen and oxygen atoms in total. The zero-order valence-corrected chi connectivity index (χ0v) is 20.2. The summed E-state index contributed by atoms with van der Waals surface area (Å²) in [6.45, 7) is 17.5. The molecule has 0 atom stereocenters. The van der Waals surface area contributed by atoms with E-state index >= 15 is 0 Å². The summed E-state index contributed by atoms with van der Waals surface area (Å²) >= 11 is 0. The van der Waals surface area contributed by atoms with Crippen LogP contribution >= 0.6 is 0 Å². The van der Waals surface area contributed by atoms with Crippen LogP contribution in [0.25, 0.3) is 0 Å². The van der Waals surface area contributed by atoms with Gasteiger partial charge in [-0.1, -0.05) is 20.8 Å². The van der Waals surface area contributed by atoms with Crippen molar-refractivity contribution in [2.45, 2.75) is 65.1 Å². The molecule has 6 heteroatoms. The van der Waals surface area contributed by atoms with Crippen LogP contribution in [0.2, 0.25) is 18.1 Å². The van der Waals surface area contributed by atoms with E-state index in [0.717, 1.165) is 25.4 Å². The standard InChI is InChI=1S/C23H40N2O3Si/c1-7-27-22(26)12-15-24-20-8-10-21(11-9-20)25-16-13-19(14-17-25)18-28-29(5,6)23(2,3)4/h8-11,19,24H,7,12-18H2,1-6H3. The summed E-state index contributed by atoms with van der Waals surface area (Å²) < 4.78 is 11.4. The lowest BCUT2D eigenvalue weighted by Gasteiger charge is -2.39. The number of rotatable bonds is 9. The first-order valence-corrected chi connectivity index (χ1v) is 13.9. The molecule has 0 spiro atoms. The third-order valence-corrected chi connectivity index (χ3v) is 10.8. The van der Waals surface area contributed by atoms with E-state index < -0.39 is 8.32 Å². The summed E-state index contributed by atoms with van der Waals surface area (Å²) in [4.78, 5) is 13.9. The smallest absolute Gasteiger partial charge is 0.307 e.